The van der Waals surface area contributed by atoms with Crippen LogP contribution in [-0.2, 0) is 9.53 Å². The minimum Gasteiger partial charge on any atom is -0.479 e. The molecule has 1 atom stereocenters. The fourth-order valence-corrected chi connectivity index (χ4v) is 2.36. The summed E-state index contributed by atoms with van der Waals surface area (Å²) in [5.74, 6) is -0.894. The topological polar surface area (TPSA) is 46.5 Å². The first-order valence-corrected chi connectivity index (χ1v) is 4.68. The van der Waals surface area contributed by atoms with Crippen molar-refractivity contribution in [2.45, 2.75) is 5.44 Å². The van der Waals surface area contributed by atoms with Crippen molar-refractivity contribution < 1.29 is 14.6 Å². The summed E-state index contributed by atoms with van der Waals surface area (Å²) in [7, 11) is 0.687. The molecule has 1 aliphatic heterocycles. The minimum absolute atomic E-state index is 0.681. The highest BCUT2D eigenvalue weighted by Crippen LogP contribution is 2.38. The highest BCUT2D eigenvalue weighted by molar-refractivity contribution is 8.23. The molecule has 1 N–H and O–H groups in total. The molecule has 0 aliphatic carbocycles. The Hall–Kier alpha value is -0.740. The summed E-state index contributed by atoms with van der Waals surface area (Å²) in [5.41, 5.74) is -0.681. The SMILES string of the molecule is COC(C(=O)O)[SH]1C=CC=C1. The third kappa shape index (κ3) is 1.85. The maximum atomic E-state index is 10.5. The third-order valence-corrected chi connectivity index (χ3v) is 3.34. The second kappa shape index (κ2) is 3.59. The lowest BCUT2D eigenvalue weighted by Crippen LogP contribution is -2.20. The highest BCUT2D eigenvalue weighted by atomic mass is 32.2. The average molecular weight is 174 g/mol. The van der Waals surface area contributed by atoms with Crippen LogP contribution in [-0.4, -0.2) is 23.6 Å². The maximum absolute atomic E-state index is 10.5. The monoisotopic (exact) mass is 174 g/mol. The first-order valence-electron chi connectivity index (χ1n) is 3.13. The Labute approximate surface area is 67.7 Å². The van der Waals surface area contributed by atoms with Crippen LogP contribution < -0.4 is 0 Å². The van der Waals surface area contributed by atoms with E-state index in [-0.39, 0.29) is 0 Å². The van der Waals surface area contributed by atoms with Crippen LogP contribution in [0.5, 0.6) is 0 Å². The molecule has 3 nitrogen and oxygen atoms in total. The first kappa shape index (κ1) is 8.36. The van der Waals surface area contributed by atoms with E-state index in [1.165, 1.54) is 7.11 Å². The molecule has 1 heterocycles. The van der Waals surface area contributed by atoms with Gasteiger partial charge >= 0.3 is 5.97 Å². The van der Waals surface area contributed by atoms with Crippen molar-refractivity contribution in [1.29, 1.82) is 0 Å². The van der Waals surface area contributed by atoms with E-state index in [1.54, 1.807) is 0 Å². The molecule has 1 rings (SSSR count). The number of ether oxygens (including phenoxy) is 1. The Morgan fingerprint density at radius 1 is 1.55 bits per heavy atom. The van der Waals surface area contributed by atoms with Gasteiger partial charge in [0.25, 0.3) is 0 Å². The smallest absolute Gasteiger partial charge is 0.342 e. The number of hydrogen-bond donors (Lipinski definition) is 2. The molecule has 0 saturated heterocycles. The summed E-state index contributed by atoms with van der Waals surface area (Å²) in [6, 6.07) is 0. The van der Waals surface area contributed by atoms with Crippen molar-refractivity contribution in [3.63, 3.8) is 0 Å². The van der Waals surface area contributed by atoms with E-state index >= 15 is 0 Å². The Morgan fingerprint density at radius 2 is 2.09 bits per heavy atom. The van der Waals surface area contributed by atoms with Gasteiger partial charge in [-0.05, 0) is 10.8 Å². The van der Waals surface area contributed by atoms with E-state index in [4.69, 9.17) is 9.84 Å². The molecule has 0 radical (unpaired) electrons. The Bertz CT molecular complexity index is 198. The zero-order valence-corrected chi connectivity index (χ0v) is 6.99. The molecular weight excluding hydrogens is 164 g/mol. The molecule has 62 valence electrons. The zero-order valence-electron chi connectivity index (χ0n) is 6.10. The van der Waals surface area contributed by atoms with E-state index in [2.05, 4.69) is 0 Å². The van der Waals surface area contributed by atoms with Crippen molar-refractivity contribution in [1.82, 2.24) is 0 Å². The van der Waals surface area contributed by atoms with Gasteiger partial charge in [0.1, 0.15) is 0 Å². The molecular formula is C7H10O3S. The van der Waals surface area contributed by atoms with Gasteiger partial charge < -0.3 is 9.84 Å². The quantitative estimate of drug-likeness (QED) is 0.629. The van der Waals surface area contributed by atoms with Crippen LogP contribution in [0.15, 0.2) is 23.0 Å². The Balaban J connectivity index is 2.62. The van der Waals surface area contributed by atoms with Gasteiger partial charge in [0.15, 0.2) is 5.44 Å². The molecule has 0 saturated carbocycles. The van der Waals surface area contributed by atoms with Crippen LogP contribution >= 0.6 is 10.9 Å². The van der Waals surface area contributed by atoms with Crippen LogP contribution in [0, 0.1) is 0 Å². The van der Waals surface area contributed by atoms with E-state index in [0.717, 1.165) is 0 Å². The molecule has 0 aromatic carbocycles. The van der Waals surface area contributed by atoms with Gasteiger partial charge in [0.05, 0.1) is 0 Å². The molecule has 1 aliphatic rings. The summed E-state index contributed by atoms with van der Waals surface area (Å²) in [4.78, 5) is 10.5. The second-order valence-corrected chi connectivity index (χ2v) is 4.02. The molecule has 0 amide bonds. The number of allylic oxidation sites excluding steroid dienone is 2. The zero-order chi connectivity index (χ0) is 8.27. The van der Waals surface area contributed by atoms with Crippen LogP contribution in [0.2, 0.25) is 0 Å². The van der Waals surface area contributed by atoms with E-state index < -0.39 is 22.3 Å². The number of hydrogen-bond acceptors (Lipinski definition) is 2. The normalized spacial score (nSPS) is 20.6. The summed E-state index contributed by atoms with van der Waals surface area (Å²) in [6.07, 6.45) is 3.70. The molecule has 0 aromatic heterocycles. The van der Waals surface area contributed by atoms with Gasteiger partial charge in [-0.25, -0.2) is 4.79 Å². The summed E-state index contributed by atoms with van der Waals surface area (Å²) < 4.78 is 4.82. The van der Waals surface area contributed by atoms with Crippen molar-refractivity contribution in [3.05, 3.63) is 23.0 Å². The van der Waals surface area contributed by atoms with Crippen LogP contribution in [0.4, 0.5) is 0 Å². The van der Waals surface area contributed by atoms with Gasteiger partial charge in [-0.15, -0.1) is 0 Å². The first-order chi connectivity index (χ1) is 5.25. The minimum atomic E-state index is -0.894. The van der Waals surface area contributed by atoms with Crippen molar-refractivity contribution in [2.75, 3.05) is 7.11 Å². The predicted octanol–water partition coefficient (Wildman–Crippen LogP) is 1.09. The fourth-order valence-electron chi connectivity index (χ4n) is 0.854. The van der Waals surface area contributed by atoms with E-state index in [1.807, 2.05) is 23.0 Å². The van der Waals surface area contributed by atoms with Gasteiger partial charge in [0.2, 0.25) is 0 Å². The van der Waals surface area contributed by atoms with Crippen LogP contribution in [0.1, 0.15) is 0 Å². The second-order valence-electron chi connectivity index (χ2n) is 2.06. The molecule has 1 unspecified atom stereocenters. The van der Waals surface area contributed by atoms with Crippen LogP contribution in [0.3, 0.4) is 0 Å². The fraction of sp³-hybridized carbons (Fsp3) is 0.286. The molecule has 0 aromatic rings. The molecule has 0 bridgehead atoms. The van der Waals surface area contributed by atoms with E-state index in [0.29, 0.717) is 0 Å². The molecule has 0 fully saturated rings. The number of carboxylic acid groups (broad SMARTS) is 1. The molecule has 0 spiro atoms. The standard InChI is InChI=1S/C7H10O3S/c1-10-7(6(8)9)11-4-2-3-5-11/h2-5,7,11H,1H3,(H,8,9). The molecule has 4 heteroatoms. The molecule has 11 heavy (non-hydrogen) atoms. The number of rotatable bonds is 3. The predicted molar refractivity (Wildman–Crippen MR) is 45.7 cm³/mol. The summed E-state index contributed by atoms with van der Waals surface area (Å²) >= 11 is 0. The van der Waals surface area contributed by atoms with Gasteiger partial charge in [-0.2, -0.15) is 10.9 Å². The number of carbonyl (C=O) groups is 1. The van der Waals surface area contributed by atoms with Crippen molar-refractivity contribution >= 4 is 16.9 Å². The average Bonchev–Trinajstić information content (AvgIpc) is 2.40. The Kier molecular flexibility index (Phi) is 2.73. The lowest BCUT2D eigenvalue weighted by atomic mass is 10.6. The lowest BCUT2D eigenvalue weighted by molar-refractivity contribution is -0.143. The number of methoxy groups -OCH3 is 1. The number of carboxylic acids is 1. The summed E-state index contributed by atoms with van der Waals surface area (Å²) in [5, 5.41) is 12.4. The maximum Gasteiger partial charge on any atom is 0.342 e. The number of thiol groups is 1. The van der Waals surface area contributed by atoms with Crippen molar-refractivity contribution in [3.8, 4) is 0 Å². The largest absolute Gasteiger partial charge is 0.479 e. The highest BCUT2D eigenvalue weighted by Gasteiger charge is 2.21. The van der Waals surface area contributed by atoms with Gasteiger partial charge in [0, 0.05) is 7.11 Å². The summed E-state index contributed by atoms with van der Waals surface area (Å²) in [6.45, 7) is 0. The van der Waals surface area contributed by atoms with Gasteiger partial charge in [-0.1, -0.05) is 12.2 Å². The van der Waals surface area contributed by atoms with E-state index in [9.17, 15) is 4.79 Å². The van der Waals surface area contributed by atoms with Gasteiger partial charge in [-0.3, -0.25) is 0 Å². The lowest BCUT2D eigenvalue weighted by Gasteiger charge is -2.17. The third-order valence-electron chi connectivity index (χ3n) is 1.33. The Morgan fingerprint density at radius 3 is 2.45 bits per heavy atom. The number of aliphatic carboxylic acids is 1. The van der Waals surface area contributed by atoms with Crippen LogP contribution in [0.25, 0.3) is 0 Å². The van der Waals surface area contributed by atoms with Crippen molar-refractivity contribution in [2.24, 2.45) is 0 Å².